The molecule has 0 radical (unpaired) electrons. The number of sulfonamides is 1. The number of carbonyl (C=O) groups is 1. The summed E-state index contributed by atoms with van der Waals surface area (Å²) in [6, 6.07) is 8.53. The van der Waals surface area contributed by atoms with Crippen LogP contribution in [0.4, 0.5) is 10.1 Å². The molecule has 0 saturated carbocycles. The Morgan fingerprint density at radius 3 is 2.33 bits per heavy atom. The highest BCUT2D eigenvalue weighted by molar-refractivity contribution is 7.92. The lowest BCUT2D eigenvalue weighted by Crippen LogP contribution is -2.13. The standard InChI is InChI=1S/C14H12FNO4S/c1-9-2-5-11(8-13(9)14(17)18)16-21(19,20)12-6-3-10(15)4-7-12/h2-8,16H,1H3,(H,17,18). The number of benzene rings is 2. The normalized spacial score (nSPS) is 11.1. The van der Waals surface area contributed by atoms with E-state index in [9.17, 15) is 17.6 Å². The first kappa shape index (κ1) is 15.0. The number of halogens is 1. The zero-order valence-electron chi connectivity index (χ0n) is 11.0. The van der Waals surface area contributed by atoms with Crippen molar-refractivity contribution < 1.29 is 22.7 Å². The third kappa shape index (κ3) is 3.38. The molecule has 0 unspecified atom stereocenters. The van der Waals surface area contributed by atoms with Gasteiger partial charge in [-0.1, -0.05) is 6.07 Å². The van der Waals surface area contributed by atoms with Crippen LogP contribution in [0.25, 0.3) is 0 Å². The lowest BCUT2D eigenvalue weighted by atomic mass is 10.1. The molecule has 21 heavy (non-hydrogen) atoms. The predicted molar refractivity (Wildman–Crippen MR) is 75.3 cm³/mol. The Labute approximate surface area is 121 Å². The van der Waals surface area contributed by atoms with Crippen LogP contribution >= 0.6 is 0 Å². The van der Waals surface area contributed by atoms with E-state index < -0.39 is 21.8 Å². The molecule has 0 bridgehead atoms. The first-order valence-electron chi connectivity index (χ1n) is 5.92. The Kier molecular flexibility index (Phi) is 3.95. The smallest absolute Gasteiger partial charge is 0.336 e. The lowest BCUT2D eigenvalue weighted by molar-refractivity contribution is 0.0696. The molecule has 0 fully saturated rings. The van der Waals surface area contributed by atoms with Crippen molar-refractivity contribution in [2.75, 3.05) is 4.72 Å². The Morgan fingerprint density at radius 2 is 1.76 bits per heavy atom. The largest absolute Gasteiger partial charge is 0.478 e. The fourth-order valence-corrected chi connectivity index (χ4v) is 2.79. The van der Waals surface area contributed by atoms with E-state index >= 15 is 0 Å². The van der Waals surface area contributed by atoms with Crippen LogP contribution in [0, 0.1) is 12.7 Å². The van der Waals surface area contributed by atoms with E-state index in [2.05, 4.69) is 4.72 Å². The second-order valence-corrected chi connectivity index (χ2v) is 6.08. The van der Waals surface area contributed by atoms with Gasteiger partial charge in [0.25, 0.3) is 10.0 Å². The third-order valence-corrected chi connectivity index (χ3v) is 4.24. The molecule has 5 nitrogen and oxygen atoms in total. The fourth-order valence-electron chi connectivity index (χ4n) is 1.74. The molecule has 2 rings (SSSR count). The molecule has 2 N–H and O–H groups in total. The van der Waals surface area contributed by atoms with Gasteiger partial charge in [-0.3, -0.25) is 4.72 Å². The predicted octanol–water partition coefficient (Wildman–Crippen LogP) is 2.63. The topological polar surface area (TPSA) is 83.5 Å². The highest BCUT2D eigenvalue weighted by Gasteiger charge is 2.16. The Hall–Kier alpha value is -2.41. The van der Waals surface area contributed by atoms with Gasteiger partial charge in [0, 0.05) is 5.69 Å². The summed E-state index contributed by atoms with van der Waals surface area (Å²) in [6.45, 7) is 1.61. The molecule has 0 amide bonds. The summed E-state index contributed by atoms with van der Waals surface area (Å²) < 4.78 is 39.3. The number of anilines is 1. The fraction of sp³-hybridized carbons (Fsp3) is 0.0714. The molecule has 0 saturated heterocycles. The van der Waals surface area contributed by atoms with Crippen LogP contribution in [0.15, 0.2) is 47.4 Å². The summed E-state index contributed by atoms with van der Waals surface area (Å²) in [4.78, 5) is 10.9. The zero-order valence-corrected chi connectivity index (χ0v) is 11.8. The van der Waals surface area contributed by atoms with Gasteiger partial charge in [-0.05, 0) is 48.9 Å². The van der Waals surface area contributed by atoms with E-state index in [4.69, 9.17) is 5.11 Å². The quantitative estimate of drug-likeness (QED) is 0.909. The van der Waals surface area contributed by atoms with Crippen LogP contribution in [0.5, 0.6) is 0 Å². The van der Waals surface area contributed by atoms with Gasteiger partial charge >= 0.3 is 5.97 Å². The molecule has 0 heterocycles. The Bertz CT molecular complexity index is 785. The first-order valence-corrected chi connectivity index (χ1v) is 7.40. The van der Waals surface area contributed by atoms with Gasteiger partial charge in [-0.15, -0.1) is 0 Å². The van der Waals surface area contributed by atoms with Gasteiger partial charge in [-0.2, -0.15) is 0 Å². The SMILES string of the molecule is Cc1ccc(NS(=O)(=O)c2ccc(F)cc2)cc1C(=O)O. The molecule has 0 atom stereocenters. The number of carboxylic acid groups (broad SMARTS) is 1. The number of nitrogens with one attached hydrogen (secondary N) is 1. The molecule has 0 aliphatic carbocycles. The maximum Gasteiger partial charge on any atom is 0.336 e. The van der Waals surface area contributed by atoms with Crippen LogP contribution in [0.1, 0.15) is 15.9 Å². The summed E-state index contributed by atoms with van der Waals surface area (Å²) in [7, 11) is -3.90. The third-order valence-electron chi connectivity index (χ3n) is 2.84. The van der Waals surface area contributed by atoms with Crippen molar-refractivity contribution in [2.45, 2.75) is 11.8 Å². The van der Waals surface area contributed by atoms with Gasteiger partial charge < -0.3 is 5.11 Å². The van der Waals surface area contributed by atoms with E-state index in [1.54, 1.807) is 6.92 Å². The number of rotatable bonds is 4. The van der Waals surface area contributed by atoms with E-state index in [1.807, 2.05) is 0 Å². The average Bonchev–Trinajstić information content (AvgIpc) is 2.41. The van der Waals surface area contributed by atoms with E-state index in [-0.39, 0.29) is 16.1 Å². The second kappa shape index (κ2) is 5.53. The monoisotopic (exact) mass is 309 g/mol. The average molecular weight is 309 g/mol. The van der Waals surface area contributed by atoms with Gasteiger partial charge in [0.1, 0.15) is 5.82 Å². The molecule has 0 spiro atoms. The van der Waals surface area contributed by atoms with Crippen molar-refractivity contribution in [3.05, 3.63) is 59.4 Å². The lowest BCUT2D eigenvalue weighted by Gasteiger charge is -2.10. The Morgan fingerprint density at radius 1 is 1.14 bits per heavy atom. The van der Waals surface area contributed by atoms with E-state index in [0.717, 1.165) is 24.3 Å². The molecular formula is C14H12FNO4S. The molecule has 7 heteroatoms. The minimum absolute atomic E-state index is 0.00862. The molecule has 2 aromatic carbocycles. The van der Waals surface area contributed by atoms with Gasteiger partial charge in [-0.25, -0.2) is 17.6 Å². The maximum absolute atomic E-state index is 12.8. The maximum atomic E-state index is 12.8. The van der Waals surface area contributed by atoms with Gasteiger partial charge in [0.15, 0.2) is 0 Å². The molecule has 110 valence electrons. The van der Waals surface area contributed by atoms with Crippen molar-refractivity contribution >= 4 is 21.7 Å². The second-order valence-electron chi connectivity index (χ2n) is 4.39. The van der Waals surface area contributed by atoms with Gasteiger partial charge in [0.2, 0.25) is 0 Å². The summed E-state index contributed by atoms with van der Waals surface area (Å²) >= 11 is 0. The summed E-state index contributed by atoms with van der Waals surface area (Å²) in [5.74, 6) is -1.69. The van der Waals surface area contributed by atoms with Crippen molar-refractivity contribution in [1.82, 2.24) is 0 Å². The van der Waals surface area contributed by atoms with Crippen molar-refractivity contribution in [2.24, 2.45) is 0 Å². The number of aryl methyl sites for hydroxylation is 1. The minimum Gasteiger partial charge on any atom is -0.478 e. The Balaban J connectivity index is 2.35. The summed E-state index contributed by atoms with van der Waals surface area (Å²) in [5.41, 5.74) is 0.656. The highest BCUT2D eigenvalue weighted by Crippen LogP contribution is 2.19. The number of carboxylic acids is 1. The molecular weight excluding hydrogens is 297 g/mol. The molecule has 0 aliphatic rings. The number of hydrogen-bond donors (Lipinski definition) is 2. The molecule has 0 aromatic heterocycles. The number of aromatic carboxylic acids is 1. The van der Waals surface area contributed by atoms with Crippen LogP contribution < -0.4 is 4.72 Å². The minimum atomic E-state index is -3.90. The van der Waals surface area contributed by atoms with Crippen LogP contribution in [-0.4, -0.2) is 19.5 Å². The van der Waals surface area contributed by atoms with Crippen LogP contribution in [0.2, 0.25) is 0 Å². The molecule has 0 aliphatic heterocycles. The summed E-state index contributed by atoms with van der Waals surface area (Å²) in [5, 5.41) is 9.02. The number of hydrogen-bond acceptors (Lipinski definition) is 3. The zero-order chi connectivity index (χ0) is 15.6. The molecule has 2 aromatic rings. The van der Waals surface area contributed by atoms with Crippen molar-refractivity contribution in [3.8, 4) is 0 Å². The van der Waals surface area contributed by atoms with Crippen molar-refractivity contribution in [3.63, 3.8) is 0 Å². The van der Waals surface area contributed by atoms with E-state index in [0.29, 0.717) is 5.56 Å². The highest BCUT2D eigenvalue weighted by atomic mass is 32.2. The van der Waals surface area contributed by atoms with Gasteiger partial charge in [0.05, 0.1) is 10.5 Å². The summed E-state index contributed by atoms with van der Waals surface area (Å²) in [6.07, 6.45) is 0. The van der Waals surface area contributed by atoms with Crippen LogP contribution in [0.3, 0.4) is 0 Å². The first-order chi connectivity index (χ1) is 9.79. The van der Waals surface area contributed by atoms with E-state index in [1.165, 1.54) is 18.2 Å². The van der Waals surface area contributed by atoms with Crippen molar-refractivity contribution in [1.29, 1.82) is 0 Å². The van der Waals surface area contributed by atoms with Crippen LogP contribution in [-0.2, 0) is 10.0 Å².